The summed E-state index contributed by atoms with van der Waals surface area (Å²) >= 11 is 0. The highest BCUT2D eigenvalue weighted by molar-refractivity contribution is 6.09. The van der Waals surface area contributed by atoms with E-state index in [1.807, 2.05) is 0 Å². The Kier molecular flexibility index (Phi) is 4.03. The number of rotatable bonds is 4. The smallest absolute Gasteiger partial charge is 0.294 e. The Balaban J connectivity index is 2.99. The quantitative estimate of drug-likeness (QED) is 0.366. The molecule has 0 atom stereocenters. The van der Waals surface area contributed by atoms with Gasteiger partial charge in [0.25, 0.3) is 5.69 Å². The summed E-state index contributed by atoms with van der Waals surface area (Å²) in [7, 11) is 0. The molecule has 0 amide bonds. The van der Waals surface area contributed by atoms with Gasteiger partial charge in [-0.25, -0.2) is 0 Å². The lowest BCUT2D eigenvalue weighted by atomic mass is 10.0. The van der Waals surface area contributed by atoms with Crippen molar-refractivity contribution >= 4 is 17.3 Å². The largest absolute Gasteiger partial charge is 0.450 e. The minimum Gasteiger partial charge on any atom is -0.294 e. The third-order valence-corrected chi connectivity index (χ3v) is 2.37. The van der Waals surface area contributed by atoms with Gasteiger partial charge in [0.1, 0.15) is 0 Å². The molecule has 1 rings (SSSR count). The van der Waals surface area contributed by atoms with E-state index >= 15 is 0 Å². The molecule has 0 fully saturated rings. The van der Waals surface area contributed by atoms with Gasteiger partial charge in [-0.05, 0) is 6.92 Å². The number of hydrogen-bond acceptors (Lipinski definition) is 4. The summed E-state index contributed by atoms with van der Waals surface area (Å²) in [4.78, 5) is 32.0. The van der Waals surface area contributed by atoms with E-state index in [0.717, 1.165) is 12.1 Å². The molecule has 0 saturated heterocycles. The van der Waals surface area contributed by atoms with Gasteiger partial charge in [0.15, 0.2) is 5.78 Å². The molecule has 5 nitrogen and oxygen atoms in total. The summed E-state index contributed by atoms with van der Waals surface area (Å²) in [6.45, 7) is 1.42. The Hall–Kier alpha value is -2.25. The molecule has 0 bridgehead atoms. The van der Waals surface area contributed by atoms with E-state index in [9.17, 15) is 32.9 Å². The van der Waals surface area contributed by atoms with Crippen molar-refractivity contribution in [3.05, 3.63) is 39.4 Å². The lowest BCUT2D eigenvalue weighted by Crippen LogP contribution is -2.25. The summed E-state index contributed by atoms with van der Waals surface area (Å²) in [5.41, 5.74) is -0.413. The molecule has 0 saturated carbocycles. The van der Waals surface area contributed by atoms with Gasteiger partial charge in [0.05, 0.1) is 11.3 Å². The maximum absolute atomic E-state index is 12.0. The lowest BCUT2D eigenvalue weighted by Gasteiger charge is -2.05. The Morgan fingerprint density at radius 3 is 2.37 bits per heavy atom. The zero-order chi connectivity index (χ0) is 14.8. The van der Waals surface area contributed by atoms with Crippen LogP contribution in [0.4, 0.5) is 18.9 Å². The number of aryl methyl sites for hydroxylation is 1. The summed E-state index contributed by atoms with van der Waals surface area (Å²) < 4.78 is 36.0. The summed E-state index contributed by atoms with van der Waals surface area (Å²) in [6, 6.07) is 3.25. The van der Waals surface area contributed by atoms with E-state index in [1.165, 1.54) is 13.0 Å². The van der Waals surface area contributed by atoms with Crippen molar-refractivity contribution in [2.24, 2.45) is 0 Å². The van der Waals surface area contributed by atoms with E-state index in [-0.39, 0.29) is 16.8 Å². The first-order valence-electron chi connectivity index (χ1n) is 5.01. The van der Waals surface area contributed by atoms with Crippen molar-refractivity contribution in [2.75, 3.05) is 0 Å². The van der Waals surface area contributed by atoms with Gasteiger partial charge in [-0.15, -0.1) is 0 Å². The van der Waals surface area contributed by atoms with E-state index in [1.54, 1.807) is 0 Å². The number of hydrogen-bond donors (Lipinski definition) is 0. The number of alkyl halides is 3. The first kappa shape index (κ1) is 14.8. The number of carbonyl (C=O) groups is 2. The fourth-order valence-electron chi connectivity index (χ4n) is 1.33. The number of benzene rings is 1. The minimum absolute atomic E-state index is 0.267. The van der Waals surface area contributed by atoms with Crippen LogP contribution in [-0.4, -0.2) is 22.7 Å². The third kappa shape index (κ3) is 3.60. The highest BCUT2D eigenvalue weighted by Gasteiger charge is 2.39. The van der Waals surface area contributed by atoms with Gasteiger partial charge in [0.2, 0.25) is 5.78 Å². The predicted octanol–water partition coefficient (Wildman–Crippen LogP) is 2.61. The van der Waals surface area contributed by atoms with Crippen LogP contribution >= 0.6 is 0 Å². The van der Waals surface area contributed by atoms with E-state index < -0.39 is 29.1 Å². The second-order valence-electron chi connectivity index (χ2n) is 3.78. The van der Waals surface area contributed by atoms with E-state index in [2.05, 4.69) is 0 Å². The van der Waals surface area contributed by atoms with E-state index in [4.69, 9.17) is 0 Å². The number of nitro groups is 1. The zero-order valence-electron chi connectivity index (χ0n) is 9.65. The normalized spacial score (nSPS) is 11.2. The highest BCUT2D eigenvalue weighted by Crippen LogP contribution is 2.22. The number of carbonyl (C=O) groups excluding carboxylic acids is 2. The van der Waals surface area contributed by atoms with Crippen LogP contribution in [0, 0.1) is 17.0 Å². The number of nitrogens with zero attached hydrogens (tertiary/aromatic N) is 1. The molecule has 0 spiro atoms. The fourth-order valence-corrected chi connectivity index (χ4v) is 1.33. The second kappa shape index (κ2) is 5.17. The third-order valence-electron chi connectivity index (χ3n) is 2.37. The van der Waals surface area contributed by atoms with Crippen LogP contribution < -0.4 is 0 Å². The van der Waals surface area contributed by atoms with Crippen LogP contribution in [0.5, 0.6) is 0 Å². The van der Waals surface area contributed by atoms with Gasteiger partial charge < -0.3 is 0 Å². The summed E-state index contributed by atoms with van der Waals surface area (Å²) in [5, 5.41) is 10.6. The number of nitro benzene ring substituents is 1. The summed E-state index contributed by atoms with van der Waals surface area (Å²) in [6.07, 6.45) is -6.45. The number of Topliss-reactive ketones (excluding diaryl/α,β-unsaturated/α-hetero) is 2. The molecule has 0 N–H and O–H groups in total. The zero-order valence-corrected chi connectivity index (χ0v) is 9.65. The first-order valence-corrected chi connectivity index (χ1v) is 5.01. The van der Waals surface area contributed by atoms with Gasteiger partial charge in [0, 0.05) is 17.2 Å². The molecule has 0 heterocycles. The van der Waals surface area contributed by atoms with Gasteiger partial charge >= 0.3 is 6.18 Å². The van der Waals surface area contributed by atoms with Crippen LogP contribution in [0.15, 0.2) is 18.2 Å². The van der Waals surface area contributed by atoms with Gasteiger partial charge in [-0.1, -0.05) is 12.1 Å². The molecule has 0 aliphatic heterocycles. The molecular formula is C11H8F3NO4. The van der Waals surface area contributed by atoms with Gasteiger partial charge in [-0.3, -0.25) is 19.7 Å². The van der Waals surface area contributed by atoms with Crippen molar-refractivity contribution < 1.29 is 27.7 Å². The Morgan fingerprint density at radius 2 is 1.89 bits per heavy atom. The number of halogens is 3. The molecule has 0 aromatic heterocycles. The fraction of sp³-hybridized carbons (Fsp3) is 0.273. The highest BCUT2D eigenvalue weighted by atomic mass is 19.4. The van der Waals surface area contributed by atoms with Gasteiger partial charge in [-0.2, -0.15) is 13.2 Å². The topological polar surface area (TPSA) is 77.3 Å². The predicted molar refractivity (Wildman–Crippen MR) is 57.8 cm³/mol. The second-order valence-corrected chi connectivity index (χ2v) is 3.78. The molecule has 8 heteroatoms. The lowest BCUT2D eigenvalue weighted by molar-refractivity contribution is -0.385. The maximum atomic E-state index is 12.0. The molecule has 1 aromatic rings. The molecular weight excluding hydrogens is 267 g/mol. The van der Waals surface area contributed by atoms with Crippen molar-refractivity contribution in [1.29, 1.82) is 0 Å². The molecule has 102 valence electrons. The van der Waals surface area contributed by atoms with Crippen molar-refractivity contribution in [3.8, 4) is 0 Å². The monoisotopic (exact) mass is 275 g/mol. The molecule has 19 heavy (non-hydrogen) atoms. The molecule has 1 aromatic carbocycles. The molecule has 0 aliphatic carbocycles. The average Bonchev–Trinajstić information content (AvgIpc) is 2.27. The molecule has 0 radical (unpaired) electrons. The van der Waals surface area contributed by atoms with Crippen molar-refractivity contribution in [1.82, 2.24) is 0 Å². The minimum atomic E-state index is -5.09. The van der Waals surface area contributed by atoms with Crippen LogP contribution in [0.25, 0.3) is 0 Å². The van der Waals surface area contributed by atoms with Crippen LogP contribution in [0.3, 0.4) is 0 Å². The van der Waals surface area contributed by atoms with Crippen molar-refractivity contribution in [3.63, 3.8) is 0 Å². The van der Waals surface area contributed by atoms with Crippen LogP contribution in [-0.2, 0) is 4.79 Å². The van der Waals surface area contributed by atoms with Crippen LogP contribution in [0.1, 0.15) is 22.3 Å². The summed E-state index contributed by atoms with van der Waals surface area (Å²) in [5.74, 6) is -3.29. The Labute approximate surface area is 105 Å². The van der Waals surface area contributed by atoms with E-state index in [0.29, 0.717) is 0 Å². The Bertz CT molecular complexity index is 551. The maximum Gasteiger partial charge on any atom is 0.450 e. The first-order chi connectivity index (χ1) is 8.62. The molecule has 0 aliphatic rings. The number of ketones is 2. The Morgan fingerprint density at radius 1 is 1.32 bits per heavy atom. The average molecular weight is 275 g/mol. The standard InChI is InChI=1S/C11H8F3NO4/c1-6-2-3-7(4-8(6)15(18)19)9(16)5-10(17)11(12,13)14/h2-4H,5H2,1H3. The van der Waals surface area contributed by atoms with Crippen LogP contribution in [0.2, 0.25) is 0 Å². The SMILES string of the molecule is Cc1ccc(C(=O)CC(=O)C(F)(F)F)cc1[N+](=O)[O-]. The van der Waals surface area contributed by atoms with Crippen molar-refractivity contribution in [2.45, 2.75) is 19.5 Å². The molecule has 0 unspecified atom stereocenters.